The fourth-order valence-electron chi connectivity index (χ4n) is 2.19. The van der Waals surface area contributed by atoms with Gasteiger partial charge >= 0.3 is 0 Å². The third-order valence-electron chi connectivity index (χ3n) is 3.12. The minimum Gasteiger partial charge on any atom is -0.309 e. The first-order chi connectivity index (χ1) is 8.55. The van der Waals surface area contributed by atoms with Crippen LogP contribution in [0.15, 0.2) is 30.3 Å². The second-order valence-electron chi connectivity index (χ2n) is 5.86. The molecular formula is C16H27NS. The highest BCUT2D eigenvalue weighted by atomic mass is 32.2. The zero-order chi connectivity index (χ0) is 13.4. The van der Waals surface area contributed by atoms with Gasteiger partial charge in [-0.15, -0.1) is 0 Å². The molecule has 0 bridgehead atoms. The minimum absolute atomic E-state index is 0.251. The molecule has 0 aromatic heterocycles. The molecule has 1 unspecified atom stereocenters. The molecule has 0 aliphatic heterocycles. The van der Waals surface area contributed by atoms with Crippen LogP contribution in [0, 0.1) is 5.41 Å². The maximum Gasteiger partial charge on any atom is 0.0369 e. The summed E-state index contributed by atoms with van der Waals surface area (Å²) < 4.78 is 0. The largest absolute Gasteiger partial charge is 0.309 e. The van der Waals surface area contributed by atoms with E-state index in [1.54, 1.807) is 0 Å². The lowest BCUT2D eigenvalue weighted by Crippen LogP contribution is -2.33. The Morgan fingerprint density at radius 3 is 2.33 bits per heavy atom. The van der Waals surface area contributed by atoms with Crippen LogP contribution in [0.4, 0.5) is 0 Å². The molecule has 0 aliphatic rings. The van der Waals surface area contributed by atoms with E-state index in [0.29, 0.717) is 6.04 Å². The van der Waals surface area contributed by atoms with Gasteiger partial charge in [-0.3, -0.25) is 0 Å². The Hall–Kier alpha value is -0.470. The van der Waals surface area contributed by atoms with Crippen molar-refractivity contribution in [1.29, 1.82) is 0 Å². The fraction of sp³-hybridized carbons (Fsp3) is 0.625. The van der Waals surface area contributed by atoms with Crippen LogP contribution in [0.1, 0.15) is 45.2 Å². The van der Waals surface area contributed by atoms with Gasteiger partial charge in [0.05, 0.1) is 0 Å². The van der Waals surface area contributed by atoms with Crippen LogP contribution in [0.25, 0.3) is 0 Å². The molecule has 1 N–H and O–H groups in total. The van der Waals surface area contributed by atoms with Crippen LogP contribution >= 0.6 is 11.8 Å². The topological polar surface area (TPSA) is 12.0 Å². The Labute approximate surface area is 117 Å². The Morgan fingerprint density at radius 2 is 1.78 bits per heavy atom. The predicted molar refractivity (Wildman–Crippen MR) is 84.3 cm³/mol. The lowest BCUT2D eigenvalue weighted by molar-refractivity contribution is 0.272. The third kappa shape index (κ3) is 5.45. The number of rotatable bonds is 7. The van der Waals surface area contributed by atoms with Crippen LogP contribution in [0.3, 0.4) is 0 Å². The summed E-state index contributed by atoms with van der Waals surface area (Å²) in [6.07, 6.45) is 4.75. The smallest absolute Gasteiger partial charge is 0.0369 e. The molecule has 18 heavy (non-hydrogen) atoms. The average Bonchev–Trinajstić information content (AvgIpc) is 2.33. The van der Waals surface area contributed by atoms with Crippen LogP contribution < -0.4 is 5.32 Å². The molecule has 0 saturated heterocycles. The minimum atomic E-state index is 0.251. The molecule has 1 aromatic rings. The maximum absolute atomic E-state index is 3.73. The number of unbranched alkanes of at least 4 members (excludes halogenated alkanes) is 1. The van der Waals surface area contributed by atoms with Crippen molar-refractivity contribution < 1.29 is 0 Å². The van der Waals surface area contributed by atoms with Gasteiger partial charge in [-0.05, 0) is 42.4 Å². The standard InChI is InChI=1S/C16H27NS/c1-16(2,3)15(14-10-6-5-7-11-14)17-12-8-9-13-18-4/h5-7,10-11,15,17H,8-9,12-13H2,1-4H3. The normalized spacial score (nSPS) is 13.6. The summed E-state index contributed by atoms with van der Waals surface area (Å²) in [5.41, 5.74) is 1.65. The number of nitrogens with one attached hydrogen (secondary N) is 1. The molecule has 0 heterocycles. The molecule has 0 amide bonds. The Balaban J connectivity index is 2.53. The Kier molecular flexibility index (Phi) is 6.80. The van der Waals surface area contributed by atoms with E-state index in [-0.39, 0.29) is 5.41 Å². The van der Waals surface area contributed by atoms with E-state index in [4.69, 9.17) is 0 Å². The highest BCUT2D eigenvalue weighted by Gasteiger charge is 2.25. The molecule has 0 spiro atoms. The van der Waals surface area contributed by atoms with Gasteiger partial charge in [0.1, 0.15) is 0 Å². The second-order valence-corrected chi connectivity index (χ2v) is 6.85. The van der Waals surface area contributed by atoms with E-state index in [9.17, 15) is 0 Å². The molecule has 102 valence electrons. The van der Waals surface area contributed by atoms with Crippen LogP contribution in [-0.4, -0.2) is 18.6 Å². The van der Waals surface area contributed by atoms with Gasteiger partial charge in [-0.2, -0.15) is 11.8 Å². The van der Waals surface area contributed by atoms with Crippen molar-refractivity contribution in [3.05, 3.63) is 35.9 Å². The van der Waals surface area contributed by atoms with Gasteiger partial charge in [-0.1, -0.05) is 51.1 Å². The first-order valence-electron chi connectivity index (χ1n) is 6.83. The first-order valence-corrected chi connectivity index (χ1v) is 8.22. The molecule has 0 fully saturated rings. The van der Waals surface area contributed by atoms with Gasteiger partial charge in [-0.25, -0.2) is 0 Å². The van der Waals surface area contributed by atoms with E-state index in [1.807, 2.05) is 11.8 Å². The third-order valence-corrected chi connectivity index (χ3v) is 3.82. The van der Waals surface area contributed by atoms with E-state index in [0.717, 1.165) is 6.54 Å². The Morgan fingerprint density at radius 1 is 1.11 bits per heavy atom. The monoisotopic (exact) mass is 265 g/mol. The predicted octanol–water partition coefficient (Wildman–Crippen LogP) is 4.51. The molecule has 0 radical (unpaired) electrons. The summed E-state index contributed by atoms with van der Waals surface area (Å²) >= 11 is 1.93. The van der Waals surface area contributed by atoms with Gasteiger partial charge in [0.2, 0.25) is 0 Å². The van der Waals surface area contributed by atoms with Crippen molar-refractivity contribution >= 4 is 11.8 Å². The van der Waals surface area contributed by atoms with Crippen molar-refractivity contribution in [2.75, 3.05) is 18.6 Å². The van der Waals surface area contributed by atoms with Gasteiger partial charge in [0, 0.05) is 6.04 Å². The van der Waals surface area contributed by atoms with Gasteiger partial charge < -0.3 is 5.32 Å². The lowest BCUT2D eigenvalue weighted by atomic mass is 9.82. The molecule has 2 heteroatoms. The van der Waals surface area contributed by atoms with Crippen molar-refractivity contribution in [2.45, 2.75) is 39.7 Å². The fourth-order valence-corrected chi connectivity index (χ4v) is 2.68. The summed E-state index contributed by atoms with van der Waals surface area (Å²) in [6, 6.07) is 11.2. The lowest BCUT2D eigenvalue weighted by Gasteiger charge is -2.32. The average molecular weight is 265 g/mol. The summed E-state index contributed by atoms with van der Waals surface area (Å²) in [6.45, 7) is 8.02. The number of hydrogen-bond donors (Lipinski definition) is 1. The van der Waals surface area contributed by atoms with E-state index < -0.39 is 0 Å². The first kappa shape index (κ1) is 15.6. The van der Waals surface area contributed by atoms with E-state index >= 15 is 0 Å². The summed E-state index contributed by atoms with van der Waals surface area (Å²) in [7, 11) is 0. The zero-order valence-corrected chi connectivity index (χ0v) is 13.0. The summed E-state index contributed by atoms with van der Waals surface area (Å²) in [5, 5.41) is 3.73. The van der Waals surface area contributed by atoms with Crippen molar-refractivity contribution in [3.63, 3.8) is 0 Å². The molecule has 0 saturated carbocycles. The number of thioether (sulfide) groups is 1. The van der Waals surface area contributed by atoms with Crippen molar-refractivity contribution in [3.8, 4) is 0 Å². The molecule has 1 aromatic carbocycles. The van der Waals surface area contributed by atoms with Gasteiger partial charge in [0.25, 0.3) is 0 Å². The quantitative estimate of drug-likeness (QED) is 0.728. The second kappa shape index (κ2) is 7.85. The Bertz CT molecular complexity index is 316. The van der Waals surface area contributed by atoms with Gasteiger partial charge in [0.15, 0.2) is 0 Å². The zero-order valence-electron chi connectivity index (χ0n) is 12.2. The molecule has 1 atom stereocenters. The van der Waals surface area contributed by atoms with E-state index in [1.165, 1.54) is 24.2 Å². The molecule has 1 nitrogen and oxygen atoms in total. The molecular weight excluding hydrogens is 238 g/mol. The highest BCUT2D eigenvalue weighted by Crippen LogP contribution is 2.32. The summed E-state index contributed by atoms with van der Waals surface area (Å²) in [5.74, 6) is 1.27. The van der Waals surface area contributed by atoms with Crippen LogP contribution in [0.2, 0.25) is 0 Å². The number of benzene rings is 1. The maximum atomic E-state index is 3.73. The van der Waals surface area contributed by atoms with Crippen molar-refractivity contribution in [1.82, 2.24) is 5.32 Å². The van der Waals surface area contributed by atoms with Crippen molar-refractivity contribution in [2.24, 2.45) is 5.41 Å². The SMILES string of the molecule is CSCCCCNC(c1ccccc1)C(C)(C)C. The highest BCUT2D eigenvalue weighted by molar-refractivity contribution is 7.98. The molecule has 0 aliphatic carbocycles. The van der Waals surface area contributed by atoms with E-state index in [2.05, 4.69) is 62.7 Å². The number of hydrogen-bond acceptors (Lipinski definition) is 2. The summed E-state index contributed by atoms with van der Waals surface area (Å²) in [4.78, 5) is 0. The van der Waals surface area contributed by atoms with Crippen LogP contribution in [-0.2, 0) is 0 Å². The van der Waals surface area contributed by atoms with Crippen LogP contribution in [0.5, 0.6) is 0 Å². The molecule has 1 rings (SSSR count).